The van der Waals surface area contributed by atoms with E-state index in [0.29, 0.717) is 23.0 Å². The monoisotopic (exact) mass is 316 g/mol. The summed E-state index contributed by atoms with van der Waals surface area (Å²) in [5.74, 6) is -0.0472. The quantitative estimate of drug-likeness (QED) is 0.769. The molecule has 1 N–H and O–H groups in total. The highest BCUT2D eigenvalue weighted by Gasteiger charge is 2.08. The van der Waals surface area contributed by atoms with Gasteiger partial charge in [0.15, 0.2) is 5.13 Å². The smallest absolute Gasteiger partial charge is 0.226 e. The van der Waals surface area contributed by atoms with Crippen LogP contribution in [0.4, 0.5) is 5.13 Å². The van der Waals surface area contributed by atoms with Crippen molar-refractivity contribution in [3.63, 3.8) is 0 Å². The Morgan fingerprint density at radius 3 is 2.71 bits per heavy atom. The number of hydrogen-bond donors (Lipinski definition) is 1. The molecule has 0 spiro atoms. The Balaban J connectivity index is 1.62. The molecule has 1 heterocycles. The minimum atomic E-state index is -0.0472. The molecule has 3 nitrogen and oxygen atoms in total. The summed E-state index contributed by atoms with van der Waals surface area (Å²) in [6, 6.07) is 15.4. The third kappa shape index (κ3) is 3.40. The Morgan fingerprint density at radius 1 is 1.14 bits per heavy atom. The van der Waals surface area contributed by atoms with Crippen LogP contribution >= 0.6 is 22.9 Å². The van der Waals surface area contributed by atoms with Gasteiger partial charge < -0.3 is 5.32 Å². The molecule has 0 aliphatic carbocycles. The number of para-hydroxylation sites is 1. The highest BCUT2D eigenvalue weighted by atomic mass is 35.5. The first kappa shape index (κ1) is 14.0. The van der Waals surface area contributed by atoms with Gasteiger partial charge >= 0.3 is 0 Å². The van der Waals surface area contributed by atoms with Crippen molar-refractivity contribution < 1.29 is 4.79 Å². The van der Waals surface area contributed by atoms with Crippen molar-refractivity contribution in [1.82, 2.24) is 4.98 Å². The van der Waals surface area contributed by atoms with E-state index in [9.17, 15) is 4.79 Å². The van der Waals surface area contributed by atoms with E-state index in [0.717, 1.165) is 15.8 Å². The van der Waals surface area contributed by atoms with Crippen LogP contribution in [0.2, 0.25) is 5.02 Å². The Hall–Kier alpha value is -1.91. The maximum absolute atomic E-state index is 12.0. The normalized spacial score (nSPS) is 10.7. The van der Waals surface area contributed by atoms with E-state index < -0.39 is 0 Å². The van der Waals surface area contributed by atoms with Crippen LogP contribution in [0.3, 0.4) is 0 Å². The molecule has 0 unspecified atom stereocenters. The summed E-state index contributed by atoms with van der Waals surface area (Å²) >= 11 is 7.56. The molecule has 0 bridgehead atoms. The fraction of sp³-hybridized carbons (Fsp3) is 0.125. The number of anilines is 1. The zero-order valence-electron chi connectivity index (χ0n) is 11.2. The highest BCUT2D eigenvalue weighted by Crippen LogP contribution is 2.25. The lowest BCUT2D eigenvalue weighted by Crippen LogP contribution is -2.12. The van der Waals surface area contributed by atoms with E-state index in [1.54, 1.807) is 0 Å². The zero-order chi connectivity index (χ0) is 14.7. The molecule has 3 rings (SSSR count). The third-order valence-corrected chi connectivity index (χ3v) is 4.44. The van der Waals surface area contributed by atoms with Gasteiger partial charge in [-0.05, 0) is 30.2 Å². The number of rotatable bonds is 4. The molecular weight excluding hydrogens is 304 g/mol. The van der Waals surface area contributed by atoms with Crippen molar-refractivity contribution in [2.45, 2.75) is 12.8 Å². The van der Waals surface area contributed by atoms with Crippen LogP contribution in [-0.4, -0.2) is 10.9 Å². The van der Waals surface area contributed by atoms with Crippen molar-refractivity contribution in [3.8, 4) is 0 Å². The molecular formula is C16H13ClN2OS. The number of thiazole rings is 1. The highest BCUT2D eigenvalue weighted by molar-refractivity contribution is 7.22. The molecule has 0 aliphatic rings. The van der Waals surface area contributed by atoms with Gasteiger partial charge in [0.05, 0.1) is 10.2 Å². The Kier molecular flexibility index (Phi) is 4.18. The predicted molar refractivity (Wildman–Crippen MR) is 88.0 cm³/mol. The van der Waals surface area contributed by atoms with Gasteiger partial charge in [-0.1, -0.05) is 53.3 Å². The molecule has 21 heavy (non-hydrogen) atoms. The van der Waals surface area contributed by atoms with Crippen LogP contribution in [-0.2, 0) is 11.2 Å². The first-order valence-electron chi connectivity index (χ1n) is 6.61. The Labute approximate surface area is 131 Å². The number of nitrogens with zero attached hydrogens (tertiary/aromatic N) is 1. The van der Waals surface area contributed by atoms with Gasteiger partial charge in [0.1, 0.15) is 0 Å². The summed E-state index contributed by atoms with van der Waals surface area (Å²) in [4.78, 5) is 16.4. The van der Waals surface area contributed by atoms with Crippen molar-refractivity contribution in [2.75, 3.05) is 5.32 Å². The van der Waals surface area contributed by atoms with Gasteiger partial charge in [-0.15, -0.1) is 0 Å². The standard InChI is InChI=1S/C16H13ClN2OS/c17-12-6-2-1-5-11(12)9-10-15(20)19-16-18-13-7-3-4-8-14(13)21-16/h1-8H,9-10H2,(H,18,19,20). The number of amides is 1. The number of benzene rings is 2. The molecule has 1 aromatic heterocycles. The molecule has 1 amide bonds. The lowest BCUT2D eigenvalue weighted by atomic mass is 10.1. The number of aromatic nitrogens is 1. The molecule has 0 fully saturated rings. The van der Waals surface area contributed by atoms with Crippen LogP contribution in [0.15, 0.2) is 48.5 Å². The first-order chi connectivity index (χ1) is 10.2. The van der Waals surface area contributed by atoms with Gasteiger partial charge in [-0.25, -0.2) is 4.98 Å². The topological polar surface area (TPSA) is 42.0 Å². The van der Waals surface area contributed by atoms with E-state index in [4.69, 9.17) is 11.6 Å². The van der Waals surface area contributed by atoms with Crippen molar-refractivity contribution in [1.29, 1.82) is 0 Å². The first-order valence-corrected chi connectivity index (χ1v) is 7.80. The number of carbonyl (C=O) groups is 1. The minimum absolute atomic E-state index is 0.0472. The van der Waals surface area contributed by atoms with Crippen LogP contribution in [0.1, 0.15) is 12.0 Å². The number of halogens is 1. The van der Waals surface area contributed by atoms with Gasteiger partial charge in [-0.3, -0.25) is 4.79 Å². The molecule has 0 saturated carbocycles. The molecule has 0 aliphatic heterocycles. The number of fused-ring (bicyclic) bond motifs is 1. The molecule has 3 aromatic rings. The summed E-state index contributed by atoms with van der Waals surface area (Å²) in [6.45, 7) is 0. The van der Waals surface area contributed by atoms with E-state index >= 15 is 0 Å². The minimum Gasteiger partial charge on any atom is -0.302 e. The lowest BCUT2D eigenvalue weighted by Gasteiger charge is -2.03. The predicted octanol–water partition coefficient (Wildman–Crippen LogP) is 4.52. The van der Waals surface area contributed by atoms with E-state index in [2.05, 4.69) is 10.3 Å². The molecule has 0 saturated heterocycles. The SMILES string of the molecule is O=C(CCc1ccccc1Cl)Nc1nc2ccccc2s1. The number of nitrogens with one attached hydrogen (secondary N) is 1. The zero-order valence-corrected chi connectivity index (χ0v) is 12.7. The van der Waals surface area contributed by atoms with E-state index in [1.165, 1.54) is 11.3 Å². The Morgan fingerprint density at radius 2 is 1.90 bits per heavy atom. The fourth-order valence-corrected chi connectivity index (χ4v) is 3.17. The fourth-order valence-electron chi connectivity index (χ4n) is 2.06. The largest absolute Gasteiger partial charge is 0.302 e. The van der Waals surface area contributed by atoms with E-state index in [1.807, 2.05) is 48.5 Å². The summed E-state index contributed by atoms with van der Waals surface area (Å²) in [5.41, 5.74) is 1.89. The Bertz CT molecular complexity index is 752. The van der Waals surface area contributed by atoms with Crippen LogP contribution in [0.25, 0.3) is 10.2 Å². The second-order valence-corrected chi connectivity index (χ2v) is 6.06. The van der Waals surface area contributed by atoms with Crippen LogP contribution in [0, 0.1) is 0 Å². The number of hydrogen-bond acceptors (Lipinski definition) is 3. The molecule has 106 valence electrons. The van der Waals surface area contributed by atoms with Crippen LogP contribution < -0.4 is 5.32 Å². The molecule has 5 heteroatoms. The maximum Gasteiger partial charge on any atom is 0.226 e. The van der Waals surface area contributed by atoms with Gasteiger partial charge in [-0.2, -0.15) is 0 Å². The average Bonchev–Trinajstić information content (AvgIpc) is 2.88. The maximum atomic E-state index is 12.0. The van der Waals surface area contributed by atoms with Gasteiger partial charge in [0.2, 0.25) is 5.91 Å². The van der Waals surface area contributed by atoms with Crippen molar-refractivity contribution >= 4 is 44.2 Å². The summed E-state index contributed by atoms with van der Waals surface area (Å²) < 4.78 is 1.07. The van der Waals surface area contributed by atoms with Gasteiger partial charge in [0, 0.05) is 11.4 Å². The number of aryl methyl sites for hydroxylation is 1. The van der Waals surface area contributed by atoms with Crippen molar-refractivity contribution in [3.05, 3.63) is 59.1 Å². The summed E-state index contributed by atoms with van der Waals surface area (Å²) in [6.07, 6.45) is 1.01. The molecule has 0 atom stereocenters. The van der Waals surface area contributed by atoms with Crippen LogP contribution in [0.5, 0.6) is 0 Å². The summed E-state index contributed by atoms with van der Waals surface area (Å²) in [5, 5.41) is 4.19. The van der Waals surface area contributed by atoms with Gasteiger partial charge in [0.25, 0.3) is 0 Å². The average molecular weight is 317 g/mol. The third-order valence-electron chi connectivity index (χ3n) is 3.12. The second kappa shape index (κ2) is 6.24. The lowest BCUT2D eigenvalue weighted by molar-refractivity contribution is -0.116. The summed E-state index contributed by atoms with van der Waals surface area (Å²) in [7, 11) is 0. The van der Waals surface area contributed by atoms with Crippen molar-refractivity contribution in [2.24, 2.45) is 0 Å². The molecule has 2 aromatic carbocycles. The molecule has 0 radical (unpaired) electrons. The number of carbonyl (C=O) groups excluding carboxylic acids is 1. The second-order valence-electron chi connectivity index (χ2n) is 4.63. The van der Waals surface area contributed by atoms with E-state index in [-0.39, 0.29) is 5.91 Å².